The monoisotopic (exact) mass is 409 g/mol. The van der Waals surface area contributed by atoms with E-state index in [0.717, 1.165) is 23.5 Å². The summed E-state index contributed by atoms with van der Waals surface area (Å²) in [5, 5.41) is 6.02. The van der Waals surface area contributed by atoms with E-state index in [4.69, 9.17) is 10.5 Å². The molecule has 0 aromatic carbocycles. The van der Waals surface area contributed by atoms with Crippen LogP contribution < -0.4 is 11.1 Å². The van der Waals surface area contributed by atoms with E-state index in [0.29, 0.717) is 24.4 Å². The van der Waals surface area contributed by atoms with E-state index in [2.05, 4.69) is 10.3 Å². The van der Waals surface area contributed by atoms with E-state index in [1.165, 1.54) is 19.3 Å². The number of aromatic nitrogens is 1. The standard InChI is InChI=1S/C17H27N3O2S.2ClH/c1-10(22-2)17-20-14(9-23-17)8-19-16(21)13-6-11-4-3-5-12(7-13)15(11)18;;/h9-13,15H,3-8,18H2,1-2H3,(H,19,21);2*1H. The number of hydrogen-bond donors (Lipinski definition) is 2. The first-order valence-electron chi connectivity index (χ1n) is 8.59. The lowest BCUT2D eigenvalue weighted by Gasteiger charge is -2.43. The van der Waals surface area contributed by atoms with E-state index in [1.54, 1.807) is 18.4 Å². The Morgan fingerprint density at radius 1 is 1.40 bits per heavy atom. The molecular formula is C17H29Cl2N3O2S. The fourth-order valence-electron chi connectivity index (χ4n) is 4.02. The second-order valence-electron chi connectivity index (χ2n) is 6.97. The van der Waals surface area contributed by atoms with E-state index < -0.39 is 0 Å². The van der Waals surface area contributed by atoms with Crippen LogP contribution in [0.2, 0.25) is 0 Å². The van der Waals surface area contributed by atoms with Crippen LogP contribution in [0.3, 0.4) is 0 Å². The number of nitrogens with zero attached hydrogens (tertiary/aromatic N) is 1. The molecule has 3 rings (SSSR count). The molecule has 144 valence electrons. The van der Waals surface area contributed by atoms with Crippen molar-refractivity contribution < 1.29 is 9.53 Å². The molecule has 2 aliphatic rings. The molecule has 2 fully saturated rings. The first-order valence-corrected chi connectivity index (χ1v) is 9.46. The molecule has 1 aromatic heterocycles. The van der Waals surface area contributed by atoms with Crippen LogP contribution in [-0.4, -0.2) is 24.0 Å². The molecule has 8 heteroatoms. The lowest BCUT2D eigenvalue weighted by molar-refractivity contribution is -0.128. The van der Waals surface area contributed by atoms with Gasteiger partial charge in [0.05, 0.1) is 12.2 Å². The molecule has 0 saturated heterocycles. The summed E-state index contributed by atoms with van der Waals surface area (Å²) in [6.07, 6.45) is 5.55. The van der Waals surface area contributed by atoms with Gasteiger partial charge in [-0.1, -0.05) is 6.42 Å². The minimum Gasteiger partial charge on any atom is -0.375 e. The summed E-state index contributed by atoms with van der Waals surface area (Å²) in [5.74, 6) is 1.36. The van der Waals surface area contributed by atoms with Crippen molar-refractivity contribution in [2.75, 3.05) is 7.11 Å². The zero-order valence-corrected chi connectivity index (χ0v) is 17.2. The zero-order valence-electron chi connectivity index (χ0n) is 14.8. The van der Waals surface area contributed by atoms with Crippen molar-refractivity contribution in [3.8, 4) is 0 Å². The molecule has 25 heavy (non-hydrogen) atoms. The molecule has 1 heterocycles. The maximum Gasteiger partial charge on any atom is 0.223 e. The van der Waals surface area contributed by atoms with Crippen LogP contribution >= 0.6 is 36.2 Å². The maximum absolute atomic E-state index is 12.5. The van der Waals surface area contributed by atoms with Gasteiger partial charge in [0, 0.05) is 24.4 Å². The fraction of sp³-hybridized carbons (Fsp3) is 0.765. The number of halogens is 2. The highest BCUT2D eigenvalue weighted by Crippen LogP contribution is 2.41. The van der Waals surface area contributed by atoms with E-state index >= 15 is 0 Å². The summed E-state index contributed by atoms with van der Waals surface area (Å²) in [5.41, 5.74) is 7.22. The molecule has 1 aromatic rings. The molecule has 5 nitrogen and oxygen atoms in total. The number of nitrogens with one attached hydrogen (secondary N) is 1. The molecular weight excluding hydrogens is 381 g/mol. The van der Waals surface area contributed by atoms with Crippen LogP contribution in [0, 0.1) is 17.8 Å². The van der Waals surface area contributed by atoms with E-state index in [1.807, 2.05) is 12.3 Å². The molecule has 2 saturated carbocycles. The number of thiazole rings is 1. The number of carbonyl (C=O) groups is 1. The summed E-state index contributed by atoms with van der Waals surface area (Å²) in [6.45, 7) is 2.48. The predicted molar refractivity (Wildman–Crippen MR) is 105 cm³/mol. The second kappa shape index (κ2) is 10.1. The maximum atomic E-state index is 12.5. The molecule has 0 radical (unpaired) electrons. The van der Waals surface area contributed by atoms with Gasteiger partial charge in [-0.05, 0) is 44.4 Å². The van der Waals surface area contributed by atoms with Crippen LogP contribution in [0.15, 0.2) is 5.38 Å². The summed E-state index contributed by atoms with van der Waals surface area (Å²) in [4.78, 5) is 17.0. The predicted octanol–water partition coefficient (Wildman–Crippen LogP) is 3.46. The average Bonchev–Trinajstić information content (AvgIpc) is 3.00. The van der Waals surface area contributed by atoms with Crippen molar-refractivity contribution in [3.05, 3.63) is 16.1 Å². The third-order valence-electron chi connectivity index (χ3n) is 5.50. The van der Waals surface area contributed by atoms with Gasteiger partial charge in [0.15, 0.2) is 0 Å². The van der Waals surface area contributed by atoms with Crippen molar-refractivity contribution in [3.63, 3.8) is 0 Å². The Labute approximate surface area is 166 Å². The van der Waals surface area contributed by atoms with Gasteiger partial charge in [-0.3, -0.25) is 4.79 Å². The Balaban J connectivity index is 0.00000156. The minimum absolute atomic E-state index is 0. The van der Waals surface area contributed by atoms with Gasteiger partial charge in [-0.25, -0.2) is 4.98 Å². The normalized spacial score (nSPS) is 29.1. The molecule has 3 unspecified atom stereocenters. The Bertz CT molecular complexity index is 544. The van der Waals surface area contributed by atoms with Crippen molar-refractivity contribution in [2.45, 2.75) is 57.7 Å². The van der Waals surface area contributed by atoms with Crippen LogP contribution in [-0.2, 0) is 16.1 Å². The van der Waals surface area contributed by atoms with Crippen molar-refractivity contribution in [1.29, 1.82) is 0 Å². The largest absolute Gasteiger partial charge is 0.375 e. The van der Waals surface area contributed by atoms with Crippen LogP contribution in [0.4, 0.5) is 0 Å². The summed E-state index contributed by atoms with van der Waals surface area (Å²) in [6, 6.07) is 0.310. The number of ether oxygens (including phenoxy) is 1. The van der Waals surface area contributed by atoms with Crippen LogP contribution in [0.25, 0.3) is 0 Å². The number of carbonyl (C=O) groups excluding carboxylic acids is 1. The van der Waals surface area contributed by atoms with Gasteiger partial charge < -0.3 is 15.8 Å². The highest BCUT2D eigenvalue weighted by molar-refractivity contribution is 7.09. The molecule has 3 N–H and O–H groups in total. The number of fused-ring (bicyclic) bond motifs is 2. The van der Waals surface area contributed by atoms with Crippen LogP contribution in [0.5, 0.6) is 0 Å². The minimum atomic E-state index is 0. The highest BCUT2D eigenvalue weighted by Gasteiger charge is 2.40. The number of rotatable bonds is 5. The number of nitrogens with two attached hydrogens (primary N) is 1. The molecule has 0 aliphatic heterocycles. The van der Waals surface area contributed by atoms with Gasteiger partial charge in [-0.15, -0.1) is 36.2 Å². The van der Waals surface area contributed by atoms with Crippen LogP contribution in [0.1, 0.15) is 55.8 Å². The molecule has 3 atom stereocenters. The third-order valence-corrected chi connectivity index (χ3v) is 6.55. The summed E-state index contributed by atoms with van der Waals surface area (Å²) in [7, 11) is 1.68. The number of hydrogen-bond acceptors (Lipinski definition) is 5. The average molecular weight is 410 g/mol. The smallest absolute Gasteiger partial charge is 0.223 e. The Morgan fingerprint density at radius 3 is 2.64 bits per heavy atom. The summed E-state index contributed by atoms with van der Waals surface area (Å²) < 4.78 is 5.27. The topological polar surface area (TPSA) is 77.2 Å². The Kier molecular flexibility index (Phi) is 9.12. The van der Waals surface area contributed by atoms with Gasteiger partial charge in [0.2, 0.25) is 5.91 Å². The lowest BCUT2D eigenvalue weighted by atomic mass is 9.65. The van der Waals surface area contributed by atoms with Crippen molar-refractivity contribution in [2.24, 2.45) is 23.5 Å². The fourth-order valence-corrected chi connectivity index (χ4v) is 4.87. The van der Waals surface area contributed by atoms with E-state index in [-0.39, 0.29) is 42.7 Å². The van der Waals surface area contributed by atoms with Gasteiger partial charge >= 0.3 is 0 Å². The first kappa shape index (κ1) is 22.6. The van der Waals surface area contributed by atoms with Gasteiger partial charge in [-0.2, -0.15) is 0 Å². The SMILES string of the molecule is COC(C)c1nc(CNC(=O)C2CC3CCCC(C2)C3N)cs1.Cl.Cl. The molecule has 1 amide bonds. The van der Waals surface area contributed by atoms with E-state index in [9.17, 15) is 4.79 Å². The van der Waals surface area contributed by atoms with Crippen molar-refractivity contribution >= 4 is 42.1 Å². The van der Waals surface area contributed by atoms with Gasteiger partial charge in [0.25, 0.3) is 0 Å². The third kappa shape index (κ3) is 5.30. The first-order chi connectivity index (χ1) is 11.1. The lowest BCUT2D eigenvalue weighted by Crippen LogP contribution is -2.49. The van der Waals surface area contributed by atoms with Gasteiger partial charge in [0.1, 0.15) is 11.1 Å². The Morgan fingerprint density at radius 2 is 2.04 bits per heavy atom. The quantitative estimate of drug-likeness (QED) is 0.780. The zero-order chi connectivity index (χ0) is 16.4. The molecule has 2 aliphatic carbocycles. The Hall–Kier alpha value is -0.400. The second-order valence-corrected chi connectivity index (χ2v) is 7.86. The molecule has 2 bridgehead atoms. The molecule has 0 spiro atoms. The summed E-state index contributed by atoms with van der Waals surface area (Å²) >= 11 is 1.58. The highest BCUT2D eigenvalue weighted by atomic mass is 35.5. The number of methoxy groups -OCH3 is 1. The number of amides is 1. The van der Waals surface area contributed by atoms with Crippen molar-refractivity contribution in [1.82, 2.24) is 10.3 Å².